The summed E-state index contributed by atoms with van der Waals surface area (Å²) >= 11 is 5.87. The lowest BCUT2D eigenvalue weighted by atomic mass is 10.2. The lowest BCUT2D eigenvalue weighted by molar-refractivity contribution is 0.500. The highest BCUT2D eigenvalue weighted by Gasteiger charge is 2.15. The first-order chi connectivity index (χ1) is 7.83. The van der Waals surface area contributed by atoms with Crippen LogP contribution in [-0.4, -0.2) is 15.1 Å². The monoisotopic (exact) mass is 234 g/mol. The van der Waals surface area contributed by atoms with Crippen molar-refractivity contribution < 1.29 is 0 Å². The van der Waals surface area contributed by atoms with E-state index in [4.69, 9.17) is 11.6 Å². The molecule has 7 heteroatoms. The van der Waals surface area contributed by atoms with Crippen LogP contribution in [0.5, 0.6) is 0 Å². The highest BCUT2D eigenvalue weighted by atomic mass is 35.5. The maximum absolute atomic E-state index is 5.87. The molecule has 0 aliphatic carbocycles. The first-order valence-electron chi connectivity index (χ1n) is 4.67. The zero-order valence-corrected chi connectivity index (χ0v) is 8.91. The molecule has 2 heterocycles. The SMILES string of the molecule is Clc1ccc2c(c1)N=NN(n1ccnn1)C2. The van der Waals surface area contributed by atoms with Crippen molar-refractivity contribution in [3.05, 3.63) is 41.2 Å². The fraction of sp³-hybridized carbons (Fsp3) is 0.111. The first kappa shape index (κ1) is 9.29. The molecule has 16 heavy (non-hydrogen) atoms. The summed E-state index contributed by atoms with van der Waals surface area (Å²) in [6.45, 7) is 0.597. The van der Waals surface area contributed by atoms with Crippen molar-refractivity contribution in [1.82, 2.24) is 15.1 Å². The van der Waals surface area contributed by atoms with Crippen molar-refractivity contribution in [2.45, 2.75) is 6.54 Å². The van der Waals surface area contributed by atoms with Crippen molar-refractivity contribution in [3.8, 4) is 0 Å². The number of hydrogen-bond donors (Lipinski definition) is 0. The van der Waals surface area contributed by atoms with Crippen LogP contribution in [0.2, 0.25) is 5.02 Å². The van der Waals surface area contributed by atoms with Gasteiger partial charge in [-0.2, -0.15) is 5.12 Å². The fourth-order valence-electron chi connectivity index (χ4n) is 1.49. The minimum atomic E-state index is 0.597. The van der Waals surface area contributed by atoms with Gasteiger partial charge in [0, 0.05) is 10.6 Å². The van der Waals surface area contributed by atoms with E-state index in [2.05, 4.69) is 20.6 Å². The van der Waals surface area contributed by atoms with Crippen molar-refractivity contribution in [2.75, 3.05) is 5.12 Å². The van der Waals surface area contributed by atoms with Gasteiger partial charge in [-0.1, -0.05) is 17.7 Å². The van der Waals surface area contributed by atoms with Gasteiger partial charge in [-0.3, -0.25) is 0 Å². The highest BCUT2D eigenvalue weighted by molar-refractivity contribution is 6.30. The Balaban J connectivity index is 1.96. The van der Waals surface area contributed by atoms with Gasteiger partial charge in [-0.15, -0.1) is 15.0 Å². The molecule has 0 saturated heterocycles. The molecule has 0 fully saturated rings. The summed E-state index contributed by atoms with van der Waals surface area (Å²) in [7, 11) is 0. The normalized spacial score (nSPS) is 13.9. The molecule has 2 aromatic rings. The summed E-state index contributed by atoms with van der Waals surface area (Å²) in [5, 5.41) is 17.9. The molecular weight excluding hydrogens is 228 g/mol. The molecule has 3 rings (SSSR count). The summed E-state index contributed by atoms with van der Waals surface area (Å²) < 4.78 is 0. The highest BCUT2D eigenvalue weighted by Crippen LogP contribution is 2.28. The van der Waals surface area contributed by atoms with E-state index < -0.39 is 0 Å². The molecule has 1 aromatic heterocycles. The van der Waals surface area contributed by atoms with E-state index in [0.29, 0.717) is 11.6 Å². The van der Waals surface area contributed by atoms with Gasteiger partial charge in [0.05, 0.1) is 24.6 Å². The van der Waals surface area contributed by atoms with Gasteiger partial charge < -0.3 is 0 Å². The second-order valence-electron chi connectivity index (χ2n) is 3.32. The quantitative estimate of drug-likeness (QED) is 0.759. The summed E-state index contributed by atoms with van der Waals surface area (Å²) in [4.78, 5) is 1.53. The van der Waals surface area contributed by atoms with Crippen LogP contribution in [0, 0.1) is 0 Å². The second kappa shape index (κ2) is 3.57. The molecule has 0 radical (unpaired) electrons. The van der Waals surface area contributed by atoms with Gasteiger partial charge in [0.1, 0.15) is 0 Å². The molecule has 1 aliphatic rings. The number of aromatic nitrogens is 3. The van der Waals surface area contributed by atoms with Gasteiger partial charge in [0.2, 0.25) is 0 Å². The van der Waals surface area contributed by atoms with Crippen LogP contribution in [0.15, 0.2) is 40.9 Å². The van der Waals surface area contributed by atoms with Crippen molar-refractivity contribution in [1.29, 1.82) is 0 Å². The molecular formula is C9H7ClN6. The number of halogens is 1. The van der Waals surface area contributed by atoms with E-state index in [9.17, 15) is 0 Å². The van der Waals surface area contributed by atoms with Crippen molar-refractivity contribution in [3.63, 3.8) is 0 Å². The largest absolute Gasteiger partial charge is 0.160 e. The van der Waals surface area contributed by atoms with E-state index in [0.717, 1.165) is 11.3 Å². The van der Waals surface area contributed by atoms with Gasteiger partial charge in [-0.25, -0.2) is 0 Å². The van der Waals surface area contributed by atoms with Crippen molar-refractivity contribution in [2.24, 2.45) is 10.3 Å². The predicted molar refractivity (Wildman–Crippen MR) is 57.9 cm³/mol. The Morgan fingerprint density at radius 2 is 2.25 bits per heavy atom. The van der Waals surface area contributed by atoms with Crippen molar-refractivity contribution >= 4 is 17.3 Å². The number of rotatable bonds is 1. The number of benzene rings is 1. The smallest absolute Gasteiger partial charge is 0.0941 e. The van der Waals surface area contributed by atoms with E-state index in [-0.39, 0.29) is 0 Å². The zero-order valence-electron chi connectivity index (χ0n) is 8.16. The zero-order chi connectivity index (χ0) is 11.0. The average molecular weight is 235 g/mol. The molecule has 0 bridgehead atoms. The number of hydrogen-bond acceptors (Lipinski definition) is 5. The molecule has 0 saturated carbocycles. The van der Waals surface area contributed by atoms with E-state index >= 15 is 0 Å². The van der Waals surface area contributed by atoms with Gasteiger partial charge >= 0.3 is 0 Å². The third-order valence-electron chi connectivity index (χ3n) is 2.26. The Bertz CT molecular complexity index is 535. The molecule has 0 spiro atoms. The molecule has 0 atom stereocenters. The average Bonchev–Trinajstić information content (AvgIpc) is 2.82. The van der Waals surface area contributed by atoms with Gasteiger partial charge in [0.15, 0.2) is 0 Å². The van der Waals surface area contributed by atoms with E-state index in [1.165, 1.54) is 4.79 Å². The second-order valence-corrected chi connectivity index (χ2v) is 3.75. The third-order valence-corrected chi connectivity index (χ3v) is 2.50. The Kier molecular flexibility index (Phi) is 2.07. The topological polar surface area (TPSA) is 58.7 Å². The maximum atomic E-state index is 5.87. The number of fused-ring (bicyclic) bond motifs is 1. The lowest BCUT2D eigenvalue weighted by Crippen LogP contribution is -2.30. The molecule has 1 aliphatic heterocycles. The van der Waals surface area contributed by atoms with E-state index in [1.54, 1.807) is 23.6 Å². The van der Waals surface area contributed by atoms with Gasteiger partial charge in [0.25, 0.3) is 0 Å². The molecule has 1 aromatic carbocycles. The van der Waals surface area contributed by atoms with E-state index in [1.807, 2.05) is 12.1 Å². The molecule has 0 amide bonds. The van der Waals surface area contributed by atoms with Crippen LogP contribution in [-0.2, 0) is 6.54 Å². The Morgan fingerprint density at radius 1 is 1.31 bits per heavy atom. The Morgan fingerprint density at radius 3 is 3.06 bits per heavy atom. The summed E-state index contributed by atoms with van der Waals surface area (Å²) in [6, 6.07) is 5.56. The molecule has 6 nitrogen and oxygen atoms in total. The minimum Gasteiger partial charge on any atom is -0.160 e. The Hall–Kier alpha value is -1.95. The lowest BCUT2D eigenvalue weighted by Gasteiger charge is -2.20. The molecule has 0 N–H and O–H groups in total. The van der Waals surface area contributed by atoms with Crippen LogP contribution in [0.3, 0.4) is 0 Å². The van der Waals surface area contributed by atoms with Crippen LogP contribution >= 0.6 is 11.6 Å². The summed E-state index contributed by atoms with van der Waals surface area (Å²) in [5.74, 6) is 0. The number of nitrogens with zero attached hydrogens (tertiary/aromatic N) is 6. The van der Waals surface area contributed by atoms with Crippen LogP contribution in [0.25, 0.3) is 0 Å². The molecule has 80 valence electrons. The first-order valence-corrected chi connectivity index (χ1v) is 5.05. The summed E-state index contributed by atoms with van der Waals surface area (Å²) in [5.41, 5.74) is 1.85. The Labute approximate surface area is 96.1 Å². The van der Waals surface area contributed by atoms with Crippen LogP contribution < -0.4 is 5.12 Å². The standard InChI is InChI=1S/C9H7ClN6/c10-8-2-1-7-6-16(14-12-9(7)5-8)15-4-3-11-13-15/h1-5H,6H2. The van der Waals surface area contributed by atoms with Gasteiger partial charge in [-0.05, 0) is 22.6 Å². The maximum Gasteiger partial charge on any atom is 0.0941 e. The van der Waals surface area contributed by atoms with Crippen LogP contribution in [0.4, 0.5) is 5.69 Å². The predicted octanol–water partition coefficient (Wildman–Crippen LogP) is 2.08. The fourth-order valence-corrected chi connectivity index (χ4v) is 1.65. The van der Waals surface area contributed by atoms with Crippen LogP contribution in [0.1, 0.15) is 5.56 Å². The minimum absolute atomic E-state index is 0.597. The summed E-state index contributed by atoms with van der Waals surface area (Å²) in [6.07, 6.45) is 3.30. The third kappa shape index (κ3) is 1.53. The molecule has 0 unspecified atom stereocenters.